The summed E-state index contributed by atoms with van der Waals surface area (Å²) in [6, 6.07) is 3.37. The number of amides is 5. The van der Waals surface area contributed by atoms with Crippen LogP contribution >= 0.6 is 0 Å². The molecule has 1 aliphatic heterocycles. The summed E-state index contributed by atoms with van der Waals surface area (Å²) < 4.78 is 16.6. The Hall–Kier alpha value is -4.59. The molecule has 0 saturated heterocycles. The van der Waals surface area contributed by atoms with Gasteiger partial charge in [-0.2, -0.15) is 0 Å². The van der Waals surface area contributed by atoms with Crippen LogP contribution in [-0.2, 0) is 0 Å². The molecule has 2 aromatic heterocycles. The normalized spacial score (nSPS) is 17.4. The van der Waals surface area contributed by atoms with Crippen molar-refractivity contribution >= 4 is 35.0 Å². The lowest BCUT2D eigenvalue weighted by atomic mass is 9.99. The van der Waals surface area contributed by atoms with Gasteiger partial charge in [-0.05, 0) is 52.8 Å². The van der Waals surface area contributed by atoms with E-state index in [0.29, 0.717) is 45.7 Å². The van der Waals surface area contributed by atoms with Crippen molar-refractivity contribution in [2.75, 3.05) is 42.7 Å². The number of hydrogen-bond acceptors (Lipinski definition) is 9. The van der Waals surface area contributed by atoms with Crippen LogP contribution in [0.15, 0.2) is 27.2 Å². The fourth-order valence-corrected chi connectivity index (χ4v) is 4.67. The maximum atomic E-state index is 13.7. The Morgan fingerprint density at radius 3 is 2.26 bits per heavy atom. The molecule has 4 N–H and O–H groups in total. The van der Waals surface area contributed by atoms with E-state index in [0.717, 1.165) is 0 Å². The number of carbonyl (C=O) groups excluding carboxylic acids is 3. The van der Waals surface area contributed by atoms with Crippen LogP contribution in [0.4, 0.5) is 26.7 Å². The molecule has 1 aromatic carbocycles. The van der Waals surface area contributed by atoms with Crippen molar-refractivity contribution in [1.29, 1.82) is 0 Å². The summed E-state index contributed by atoms with van der Waals surface area (Å²) in [6.07, 6.45) is -0.507. The van der Waals surface area contributed by atoms with Gasteiger partial charge in [0.05, 0.1) is 24.8 Å². The largest absolute Gasteiger partial charge is 0.487 e. The highest BCUT2D eigenvalue weighted by molar-refractivity contribution is 6.03. The minimum absolute atomic E-state index is 0.200. The van der Waals surface area contributed by atoms with Crippen molar-refractivity contribution in [2.24, 2.45) is 5.92 Å². The van der Waals surface area contributed by atoms with Gasteiger partial charge in [-0.25, -0.2) is 9.59 Å². The SMILES string of the molecule is Cc1noc(C)c1NC(=O)Nc1ccc2c(c1)C(=O)N([C@@H](C)CO)C[C@H](C)[C@H](CN(C)C(=O)Nc1c(C)noc1C)O2. The number of nitrogens with one attached hydrogen (secondary N) is 3. The maximum Gasteiger partial charge on any atom is 0.323 e. The summed E-state index contributed by atoms with van der Waals surface area (Å²) >= 11 is 0. The van der Waals surface area contributed by atoms with Gasteiger partial charge in [0.2, 0.25) is 0 Å². The summed E-state index contributed by atoms with van der Waals surface area (Å²) in [4.78, 5) is 42.5. The number of aryl methyl sites for hydroxylation is 4. The second-order valence-electron chi connectivity index (χ2n) is 10.6. The molecule has 0 bridgehead atoms. The Labute approximate surface area is 243 Å². The first-order valence-electron chi connectivity index (χ1n) is 13.6. The fraction of sp³-hybridized carbons (Fsp3) is 0.464. The van der Waals surface area contributed by atoms with E-state index in [2.05, 4.69) is 26.3 Å². The van der Waals surface area contributed by atoms with Crippen molar-refractivity contribution in [3.8, 4) is 5.75 Å². The van der Waals surface area contributed by atoms with Crippen molar-refractivity contribution in [3.05, 3.63) is 46.7 Å². The predicted molar refractivity (Wildman–Crippen MR) is 154 cm³/mol. The van der Waals surface area contributed by atoms with E-state index in [1.165, 1.54) is 11.0 Å². The number of aliphatic hydroxyl groups is 1. The van der Waals surface area contributed by atoms with Gasteiger partial charge in [0.15, 0.2) is 11.5 Å². The number of benzene rings is 1. The molecule has 0 radical (unpaired) electrons. The zero-order chi connectivity index (χ0) is 30.7. The smallest absolute Gasteiger partial charge is 0.323 e. The van der Waals surface area contributed by atoms with E-state index >= 15 is 0 Å². The fourth-order valence-electron chi connectivity index (χ4n) is 4.67. The van der Waals surface area contributed by atoms with Crippen LogP contribution in [0.1, 0.15) is 47.1 Å². The monoisotopic (exact) mass is 583 g/mol. The molecule has 0 spiro atoms. The second-order valence-corrected chi connectivity index (χ2v) is 10.6. The number of ether oxygens (including phenoxy) is 1. The summed E-state index contributed by atoms with van der Waals surface area (Å²) in [7, 11) is 1.65. The minimum Gasteiger partial charge on any atom is -0.487 e. The van der Waals surface area contributed by atoms with Crippen molar-refractivity contribution < 1.29 is 33.3 Å². The van der Waals surface area contributed by atoms with Crippen LogP contribution in [0, 0.1) is 33.6 Å². The van der Waals surface area contributed by atoms with E-state index in [1.807, 2.05) is 6.92 Å². The molecular weight excluding hydrogens is 546 g/mol. The lowest BCUT2D eigenvalue weighted by molar-refractivity contribution is 0.0371. The highest BCUT2D eigenvalue weighted by Crippen LogP contribution is 2.31. The van der Waals surface area contributed by atoms with Crippen molar-refractivity contribution in [3.63, 3.8) is 0 Å². The van der Waals surface area contributed by atoms with Crippen molar-refractivity contribution in [2.45, 2.75) is 53.7 Å². The third-order valence-electron chi connectivity index (χ3n) is 7.26. The molecule has 3 aromatic rings. The Morgan fingerprint density at radius 1 is 1.07 bits per heavy atom. The van der Waals surface area contributed by atoms with E-state index in [9.17, 15) is 19.5 Å². The number of aliphatic hydroxyl groups excluding tert-OH is 1. The molecule has 3 atom stereocenters. The Kier molecular flexibility index (Phi) is 9.05. The lowest BCUT2D eigenvalue weighted by Crippen LogP contribution is -2.50. The first-order chi connectivity index (χ1) is 19.9. The number of urea groups is 2. The third kappa shape index (κ3) is 6.48. The molecule has 1 aliphatic rings. The number of aromatic nitrogens is 2. The van der Waals surface area contributed by atoms with Gasteiger partial charge in [-0.1, -0.05) is 17.2 Å². The molecule has 0 aliphatic carbocycles. The van der Waals surface area contributed by atoms with Gasteiger partial charge in [-0.15, -0.1) is 0 Å². The molecule has 14 nitrogen and oxygen atoms in total. The topological polar surface area (TPSA) is 175 Å². The molecule has 0 unspecified atom stereocenters. The van der Waals surface area contributed by atoms with Gasteiger partial charge >= 0.3 is 12.1 Å². The van der Waals surface area contributed by atoms with Crippen LogP contribution in [0.3, 0.4) is 0 Å². The molecule has 5 amide bonds. The Bertz CT molecular complexity index is 1430. The molecule has 42 heavy (non-hydrogen) atoms. The first-order valence-corrected chi connectivity index (χ1v) is 13.6. The van der Waals surface area contributed by atoms with E-state index < -0.39 is 18.2 Å². The van der Waals surface area contributed by atoms with Crippen LogP contribution in [0.25, 0.3) is 0 Å². The molecular formula is C28H37N7O7. The van der Waals surface area contributed by atoms with Gasteiger partial charge in [0.25, 0.3) is 5.91 Å². The predicted octanol–water partition coefficient (Wildman–Crippen LogP) is 3.92. The molecule has 3 heterocycles. The van der Waals surface area contributed by atoms with E-state index in [-0.39, 0.29) is 43.1 Å². The summed E-state index contributed by atoms with van der Waals surface area (Å²) in [5.74, 6) is 0.697. The summed E-state index contributed by atoms with van der Waals surface area (Å²) in [5, 5.41) is 25.9. The number of fused-ring (bicyclic) bond motifs is 1. The Morgan fingerprint density at radius 2 is 1.69 bits per heavy atom. The Balaban J connectivity index is 1.57. The van der Waals surface area contributed by atoms with Gasteiger partial charge in [0, 0.05) is 25.2 Å². The number of anilines is 3. The van der Waals surface area contributed by atoms with Crippen LogP contribution in [0.5, 0.6) is 5.75 Å². The average Bonchev–Trinajstić information content (AvgIpc) is 3.44. The number of nitrogens with zero attached hydrogens (tertiary/aromatic N) is 4. The molecule has 4 rings (SSSR count). The van der Waals surface area contributed by atoms with Gasteiger partial charge < -0.3 is 44.6 Å². The maximum absolute atomic E-state index is 13.7. The molecule has 14 heteroatoms. The van der Waals surface area contributed by atoms with Crippen LogP contribution in [-0.4, -0.2) is 82.1 Å². The second kappa shape index (κ2) is 12.5. The van der Waals surface area contributed by atoms with E-state index in [1.54, 1.807) is 58.7 Å². The standard InChI is InChI=1S/C28H37N7O7/c1-14-11-35(15(2)13-36)26(37)21-10-20(29-27(38)30-24-16(3)32-41-18(24)5)8-9-22(21)40-23(14)12-34(7)28(39)31-25-17(4)33-42-19(25)6/h8-10,14-15,23,36H,11-13H2,1-7H3,(H,31,39)(H2,29,30,38)/t14-,15-,23-/m0/s1. The zero-order valence-electron chi connectivity index (χ0n) is 24.8. The van der Waals surface area contributed by atoms with Crippen LogP contribution < -0.4 is 20.7 Å². The number of rotatable bonds is 7. The first kappa shape index (κ1) is 30.4. The minimum atomic E-state index is -0.540. The molecule has 0 fully saturated rings. The number of likely N-dealkylation sites (N-methyl/N-ethyl adjacent to an activating group) is 1. The van der Waals surface area contributed by atoms with Gasteiger partial charge in [-0.3, -0.25) is 4.79 Å². The van der Waals surface area contributed by atoms with Crippen molar-refractivity contribution in [1.82, 2.24) is 20.1 Å². The molecule has 0 saturated carbocycles. The van der Waals surface area contributed by atoms with E-state index in [4.69, 9.17) is 13.8 Å². The third-order valence-corrected chi connectivity index (χ3v) is 7.26. The molecule has 226 valence electrons. The average molecular weight is 584 g/mol. The summed E-state index contributed by atoms with van der Waals surface area (Å²) in [6.45, 7) is 10.8. The van der Waals surface area contributed by atoms with Crippen LogP contribution in [0.2, 0.25) is 0 Å². The lowest BCUT2D eigenvalue weighted by Gasteiger charge is -2.38. The number of carbonyl (C=O) groups is 3. The van der Waals surface area contributed by atoms with Gasteiger partial charge in [0.1, 0.15) is 34.6 Å². The quantitative estimate of drug-likeness (QED) is 0.321. The zero-order valence-corrected chi connectivity index (χ0v) is 24.8. The summed E-state index contributed by atoms with van der Waals surface area (Å²) in [5.41, 5.74) is 2.63. The highest BCUT2D eigenvalue weighted by Gasteiger charge is 2.34. The number of hydrogen-bond donors (Lipinski definition) is 4. The highest BCUT2D eigenvalue weighted by atomic mass is 16.5.